The van der Waals surface area contributed by atoms with Crippen LogP contribution in [0.3, 0.4) is 0 Å². The summed E-state index contributed by atoms with van der Waals surface area (Å²) < 4.78 is 15.9. The second-order valence-electron chi connectivity index (χ2n) is 7.51. The largest absolute Gasteiger partial charge is 0.366 e. The number of amides is 2. The number of primary amides is 1. The van der Waals surface area contributed by atoms with Crippen molar-refractivity contribution in [1.82, 2.24) is 14.8 Å². The summed E-state index contributed by atoms with van der Waals surface area (Å²) in [5, 5.41) is 16.7. The second-order valence-corrected chi connectivity index (χ2v) is 7.51. The number of nitriles is 1. The number of benzene rings is 2. The summed E-state index contributed by atoms with van der Waals surface area (Å²) in [6, 6.07) is 14.4. The van der Waals surface area contributed by atoms with Crippen LogP contribution in [0.15, 0.2) is 48.5 Å². The molecule has 0 saturated carbocycles. The van der Waals surface area contributed by atoms with Gasteiger partial charge in [0.1, 0.15) is 11.5 Å². The number of nitrogens with zero attached hydrogens (tertiary/aromatic N) is 4. The van der Waals surface area contributed by atoms with E-state index >= 15 is 0 Å². The molecule has 0 unspecified atom stereocenters. The van der Waals surface area contributed by atoms with Crippen LogP contribution in [0.5, 0.6) is 0 Å². The third-order valence-electron chi connectivity index (χ3n) is 5.34. The Bertz CT molecular complexity index is 1470. The molecule has 0 bridgehead atoms. The van der Waals surface area contributed by atoms with Gasteiger partial charge in [0.15, 0.2) is 0 Å². The van der Waals surface area contributed by atoms with Crippen molar-refractivity contribution in [2.45, 2.75) is 20.4 Å². The Balaban J connectivity index is 1.64. The van der Waals surface area contributed by atoms with Crippen LogP contribution < -0.4 is 11.1 Å². The molecule has 2 aromatic heterocycles. The summed E-state index contributed by atoms with van der Waals surface area (Å²) >= 11 is 0. The van der Waals surface area contributed by atoms with E-state index in [2.05, 4.69) is 15.4 Å². The van der Waals surface area contributed by atoms with Gasteiger partial charge in [-0.3, -0.25) is 14.3 Å². The van der Waals surface area contributed by atoms with Crippen LogP contribution in [0.2, 0.25) is 0 Å². The van der Waals surface area contributed by atoms with Gasteiger partial charge in [-0.2, -0.15) is 10.4 Å². The molecule has 4 rings (SSSR count). The minimum Gasteiger partial charge on any atom is -0.366 e. The van der Waals surface area contributed by atoms with E-state index < -0.39 is 17.6 Å². The Hall–Kier alpha value is -4.58. The number of carbonyl (C=O) groups excluding carboxylic acids is 2. The second kappa shape index (κ2) is 8.51. The summed E-state index contributed by atoms with van der Waals surface area (Å²) in [4.78, 5) is 29.2. The number of rotatable bonds is 5. The Morgan fingerprint density at radius 2 is 1.94 bits per heavy atom. The summed E-state index contributed by atoms with van der Waals surface area (Å²) in [6.07, 6.45) is 0. The lowest BCUT2D eigenvalue weighted by Gasteiger charge is -2.09. The van der Waals surface area contributed by atoms with Crippen molar-refractivity contribution >= 4 is 28.4 Å². The summed E-state index contributed by atoms with van der Waals surface area (Å²) in [7, 11) is 0. The van der Waals surface area contributed by atoms with Crippen molar-refractivity contribution in [1.29, 1.82) is 5.26 Å². The van der Waals surface area contributed by atoms with Crippen LogP contribution in [0.4, 0.5) is 10.1 Å². The predicted molar refractivity (Wildman–Crippen MR) is 120 cm³/mol. The number of hydrogen-bond donors (Lipinski definition) is 2. The van der Waals surface area contributed by atoms with Crippen molar-refractivity contribution in [3.05, 3.63) is 88.1 Å². The van der Waals surface area contributed by atoms with Gasteiger partial charge >= 0.3 is 0 Å². The van der Waals surface area contributed by atoms with Crippen LogP contribution in [-0.2, 0) is 6.54 Å². The highest BCUT2D eigenvalue weighted by molar-refractivity contribution is 6.10. The van der Waals surface area contributed by atoms with Crippen LogP contribution in [0.25, 0.3) is 10.9 Å². The smallest absolute Gasteiger partial charge is 0.274 e. The lowest BCUT2D eigenvalue weighted by atomic mass is 10.1. The molecule has 2 aromatic carbocycles. The molecular weight excluding hydrogens is 423 g/mol. The molecule has 2 heterocycles. The summed E-state index contributed by atoms with van der Waals surface area (Å²) in [5.41, 5.74) is 8.40. The van der Waals surface area contributed by atoms with E-state index in [4.69, 9.17) is 11.0 Å². The number of halogens is 1. The molecule has 0 aliphatic rings. The van der Waals surface area contributed by atoms with E-state index in [1.807, 2.05) is 6.07 Å². The number of aryl methyl sites for hydroxylation is 1. The molecule has 3 N–H and O–H groups in total. The van der Waals surface area contributed by atoms with Gasteiger partial charge in [-0.1, -0.05) is 24.3 Å². The van der Waals surface area contributed by atoms with Gasteiger partial charge in [-0.05, 0) is 38.1 Å². The van der Waals surface area contributed by atoms with Crippen LogP contribution in [-0.4, -0.2) is 26.6 Å². The summed E-state index contributed by atoms with van der Waals surface area (Å²) in [5.74, 6) is -1.70. The molecule has 0 fully saturated rings. The van der Waals surface area contributed by atoms with Crippen molar-refractivity contribution in [3.8, 4) is 6.07 Å². The highest BCUT2D eigenvalue weighted by Gasteiger charge is 2.19. The Morgan fingerprint density at radius 3 is 2.64 bits per heavy atom. The topological polar surface area (TPSA) is 127 Å². The highest BCUT2D eigenvalue weighted by Crippen LogP contribution is 2.23. The molecule has 8 nitrogen and oxygen atoms in total. The first-order valence-corrected chi connectivity index (χ1v) is 10.0. The third kappa shape index (κ3) is 4.14. The number of fused-ring (bicyclic) bond motifs is 1. The zero-order valence-electron chi connectivity index (χ0n) is 17.9. The summed E-state index contributed by atoms with van der Waals surface area (Å²) in [6.45, 7) is 3.59. The Morgan fingerprint density at radius 1 is 1.18 bits per heavy atom. The maximum absolute atomic E-state index is 14.3. The Labute approximate surface area is 188 Å². The number of carbonyl (C=O) groups is 2. The minimum atomic E-state index is -0.660. The van der Waals surface area contributed by atoms with E-state index in [0.29, 0.717) is 33.5 Å². The van der Waals surface area contributed by atoms with Crippen molar-refractivity contribution < 1.29 is 14.0 Å². The fourth-order valence-corrected chi connectivity index (χ4v) is 3.61. The van der Waals surface area contributed by atoms with Crippen molar-refractivity contribution in [2.75, 3.05) is 5.32 Å². The molecule has 0 spiro atoms. The van der Waals surface area contributed by atoms with Crippen molar-refractivity contribution in [3.63, 3.8) is 0 Å². The maximum Gasteiger partial charge on any atom is 0.274 e. The fraction of sp³-hybridized carbons (Fsp3) is 0.125. The number of pyridine rings is 1. The van der Waals surface area contributed by atoms with Crippen LogP contribution in [0.1, 0.15) is 43.4 Å². The van der Waals surface area contributed by atoms with Crippen LogP contribution in [0, 0.1) is 31.0 Å². The average molecular weight is 442 g/mol. The molecular formula is C24H19FN6O2. The molecule has 4 aromatic rings. The monoisotopic (exact) mass is 442 g/mol. The predicted octanol–water partition coefficient (Wildman–Crippen LogP) is 3.46. The van der Waals surface area contributed by atoms with Gasteiger partial charge in [0.25, 0.3) is 5.91 Å². The van der Waals surface area contributed by atoms with Gasteiger partial charge < -0.3 is 11.1 Å². The van der Waals surface area contributed by atoms with E-state index in [1.54, 1.807) is 42.8 Å². The molecule has 0 radical (unpaired) electrons. The van der Waals surface area contributed by atoms with E-state index in [9.17, 15) is 14.0 Å². The molecule has 0 saturated heterocycles. The first-order chi connectivity index (χ1) is 15.8. The van der Waals surface area contributed by atoms with Gasteiger partial charge in [-0.15, -0.1) is 0 Å². The van der Waals surface area contributed by atoms with E-state index in [1.165, 1.54) is 24.3 Å². The first kappa shape index (κ1) is 21.6. The lowest BCUT2D eigenvalue weighted by molar-refractivity contribution is 0.100. The SMILES string of the molecule is Cc1nn(Cc2ccc(C#N)cc2F)c(C)c1NC(=O)c1cc(C(N)=O)c2ccccc2n1. The standard InChI is InChI=1S/C24H19FN6O2/c1-13-22(14(2)31(30-13)12-16-8-7-15(11-26)9-19(16)25)29-24(33)21-10-18(23(27)32)17-5-3-4-6-20(17)28-21/h3-10H,12H2,1-2H3,(H2,27,32)(H,29,33). The molecule has 9 heteroatoms. The number of anilines is 1. The lowest BCUT2D eigenvalue weighted by Crippen LogP contribution is -2.18. The molecule has 0 aliphatic heterocycles. The average Bonchev–Trinajstić information content (AvgIpc) is 3.06. The van der Waals surface area contributed by atoms with Gasteiger partial charge in [0.05, 0.1) is 46.3 Å². The molecule has 164 valence electrons. The number of para-hydroxylation sites is 1. The van der Waals surface area contributed by atoms with E-state index in [-0.39, 0.29) is 23.4 Å². The quantitative estimate of drug-likeness (QED) is 0.489. The molecule has 0 aliphatic carbocycles. The highest BCUT2D eigenvalue weighted by atomic mass is 19.1. The Kier molecular flexibility index (Phi) is 5.58. The molecule has 0 atom stereocenters. The number of aromatic nitrogens is 3. The number of hydrogen-bond acceptors (Lipinski definition) is 5. The number of nitrogens with two attached hydrogens (primary N) is 1. The van der Waals surface area contributed by atoms with Gasteiger partial charge in [0.2, 0.25) is 5.91 Å². The third-order valence-corrected chi connectivity index (χ3v) is 5.34. The van der Waals surface area contributed by atoms with Gasteiger partial charge in [-0.25, -0.2) is 9.37 Å². The van der Waals surface area contributed by atoms with Gasteiger partial charge in [0, 0.05) is 10.9 Å². The minimum absolute atomic E-state index is 0.0344. The van der Waals surface area contributed by atoms with Crippen molar-refractivity contribution in [2.24, 2.45) is 5.73 Å². The zero-order chi connectivity index (χ0) is 23.7. The fourth-order valence-electron chi connectivity index (χ4n) is 3.61. The normalized spacial score (nSPS) is 10.7. The molecule has 2 amide bonds. The molecule has 33 heavy (non-hydrogen) atoms. The zero-order valence-corrected chi connectivity index (χ0v) is 17.9. The van der Waals surface area contributed by atoms with E-state index in [0.717, 1.165) is 0 Å². The number of nitrogens with one attached hydrogen (secondary N) is 1. The van der Waals surface area contributed by atoms with Crippen LogP contribution >= 0.6 is 0 Å². The maximum atomic E-state index is 14.3. The first-order valence-electron chi connectivity index (χ1n) is 10.0.